The minimum absolute atomic E-state index is 0.427. The Bertz CT molecular complexity index is 592. The molecule has 20 heavy (non-hydrogen) atoms. The molecule has 0 saturated carbocycles. The van der Waals surface area contributed by atoms with E-state index in [0.717, 1.165) is 19.1 Å². The molecule has 0 aliphatic heterocycles. The van der Waals surface area contributed by atoms with Crippen molar-refractivity contribution >= 4 is 12.3 Å². The number of benzene rings is 1. The van der Waals surface area contributed by atoms with Gasteiger partial charge >= 0.3 is 5.97 Å². The van der Waals surface area contributed by atoms with E-state index in [4.69, 9.17) is 4.74 Å². The zero-order chi connectivity index (χ0) is 14.4. The maximum Gasteiger partial charge on any atom is 0.343 e. The van der Waals surface area contributed by atoms with Gasteiger partial charge in [-0.25, -0.2) is 4.79 Å². The highest BCUT2D eigenvalue weighted by Gasteiger charge is 2.17. The summed E-state index contributed by atoms with van der Waals surface area (Å²) in [5.41, 5.74) is 1.62. The molecule has 1 aromatic rings. The van der Waals surface area contributed by atoms with Crippen molar-refractivity contribution in [3.05, 3.63) is 65.3 Å². The Balaban J connectivity index is 2.27. The Morgan fingerprint density at radius 2 is 1.95 bits per heavy atom. The van der Waals surface area contributed by atoms with Crippen molar-refractivity contribution < 1.29 is 14.3 Å². The molecule has 0 saturated heterocycles. The molecule has 3 heteroatoms. The second kappa shape index (κ2) is 6.66. The van der Waals surface area contributed by atoms with E-state index >= 15 is 0 Å². The average molecular weight is 268 g/mol. The first-order valence-corrected chi connectivity index (χ1v) is 6.52. The van der Waals surface area contributed by atoms with E-state index in [-0.39, 0.29) is 0 Å². The van der Waals surface area contributed by atoms with Crippen molar-refractivity contribution in [1.82, 2.24) is 0 Å². The van der Waals surface area contributed by atoms with E-state index in [0.29, 0.717) is 22.5 Å². The fourth-order valence-electron chi connectivity index (χ4n) is 1.98. The first-order chi connectivity index (χ1) is 9.72. The average Bonchev–Trinajstić information content (AvgIpc) is 2.44. The normalized spacial score (nSPS) is 22.9. The number of hydrogen-bond donors (Lipinski definition) is 0. The van der Waals surface area contributed by atoms with Crippen LogP contribution in [-0.4, -0.2) is 12.3 Å². The molecule has 0 heterocycles. The smallest absolute Gasteiger partial charge is 0.343 e. The standard InChI is InChI=1S/C17H16O3/c1-13-14(12-18)8-4-2-7-11-16(13)17(19)20-15-9-5-3-6-10-15/h3-6,8-12H,2,7H2,1H3/b8-4-,14-13+,16-11+. The van der Waals surface area contributed by atoms with E-state index in [1.807, 2.05) is 18.2 Å². The molecular formula is C17H16O3. The van der Waals surface area contributed by atoms with Gasteiger partial charge in [-0.3, -0.25) is 4.79 Å². The highest BCUT2D eigenvalue weighted by atomic mass is 16.5. The lowest BCUT2D eigenvalue weighted by Crippen LogP contribution is -2.14. The third kappa shape index (κ3) is 3.32. The van der Waals surface area contributed by atoms with Crippen LogP contribution in [0.4, 0.5) is 0 Å². The van der Waals surface area contributed by atoms with Gasteiger partial charge in [0, 0.05) is 5.57 Å². The summed E-state index contributed by atoms with van der Waals surface area (Å²) >= 11 is 0. The molecule has 3 nitrogen and oxygen atoms in total. The van der Waals surface area contributed by atoms with Crippen molar-refractivity contribution in [1.29, 1.82) is 0 Å². The van der Waals surface area contributed by atoms with Gasteiger partial charge in [0.2, 0.25) is 0 Å². The lowest BCUT2D eigenvalue weighted by atomic mass is 9.98. The summed E-state index contributed by atoms with van der Waals surface area (Å²) in [7, 11) is 0. The van der Waals surface area contributed by atoms with E-state index in [9.17, 15) is 9.59 Å². The van der Waals surface area contributed by atoms with Crippen molar-refractivity contribution in [2.75, 3.05) is 0 Å². The number of hydrogen-bond acceptors (Lipinski definition) is 3. The van der Waals surface area contributed by atoms with E-state index in [1.165, 1.54) is 0 Å². The number of carbonyl (C=O) groups is 2. The molecular weight excluding hydrogens is 252 g/mol. The Labute approximate surface area is 118 Å². The van der Waals surface area contributed by atoms with Crippen LogP contribution in [0.1, 0.15) is 19.8 Å². The molecule has 0 fully saturated rings. The second-order valence-electron chi connectivity index (χ2n) is 4.50. The summed E-state index contributed by atoms with van der Waals surface area (Å²) in [6, 6.07) is 8.91. The SMILES string of the molecule is CC1=C(C=O)/C=C\CC/C=C\1C(=O)Oc1ccccc1. The van der Waals surface area contributed by atoms with Crippen LogP contribution in [0.2, 0.25) is 0 Å². The molecule has 0 aromatic heterocycles. The summed E-state index contributed by atoms with van der Waals surface area (Å²) in [4.78, 5) is 23.3. The molecule has 0 N–H and O–H groups in total. The highest BCUT2D eigenvalue weighted by molar-refractivity contribution is 5.97. The largest absolute Gasteiger partial charge is 0.423 e. The van der Waals surface area contributed by atoms with Gasteiger partial charge in [0.05, 0.1) is 5.57 Å². The number of esters is 1. The topological polar surface area (TPSA) is 43.4 Å². The third-order valence-corrected chi connectivity index (χ3v) is 3.12. The molecule has 0 unspecified atom stereocenters. The van der Waals surface area contributed by atoms with Crippen LogP contribution in [0, 0.1) is 0 Å². The van der Waals surface area contributed by atoms with Gasteiger partial charge in [0.25, 0.3) is 0 Å². The number of ether oxygens (including phenoxy) is 1. The number of para-hydroxylation sites is 1. The van der Waals surface area contributed by atoms with Crippen molar-refractivity contribution in [2.45, 2.75) is 19.8 Å². The molecule has 102 valence electrons. The third-order valence-electron chi connectivity index (χ3n) is 3.12. The summed E-state index contributed by atoms with van der Waals surface area (Å²) in [6.07, 6.45) is 7.83. The molecule has 1 aliphatic carbocycles. The summed E-state index contributed by atoms with van der Waals surface area (Å²) in [5, 5.41) is 0. The Hall–Kier alpha value is -2.42. The van der Waals surface area contributed by atoms with Crippen molar-refractivity contribution in [2.24, 2.45) is 0 Å². The molecule has 0 amide bonds. The van der Waals surface area contributed by atoms with E-state index < -0.39 is 5.97 Å². The molecule has 0 atom stereocenters. The Kier molecular flexibility index (Phi) is 4.66. The maximum atomic E-state index is 12.2. The number of carbonyl (C=O) groups excluding carboxylic acids is 2. The summed E-state index contributed by atoms with van der Waals surface area (Å²) in [6.45, 7) is 1.76. The first kappa shape index (κ1) is 14.0. The van der Waals surface area contributed by atoms with Gasteiger partial charge in [0.15, 0.2) is 0 Å². The lowest BCUT2D eigenvalue weighted by Gasteiger charge is -2.11. The summed E-state index contributed by atoms with van der Waals surface area (Å²) in [5.74, 6) is 0.0693. The predicted octanol–water partition coefficient (Wildman–Crippen LogP) is 3.38. The molecule has 1 aliphatic rings. The zero-order valence-corrected chi connectivity index (χ0v) is 11.3. The van der Waals surface area contributed by atoms with Gasteiger partial charge in [0.1, 0.15) is 12.0 Å². The van der Waals surface area contributed by atoms with Crippen LogP contribution in [0.15, 0.2) is 65.3 Å². The maximum absolute atomic E-state index is 12.2. The minimum Gasteiger partial charge on any atom is -0.423 e. The molecule has 1 aromatic carbocycles. The quantitative estimate of drug-likeness (QED) is 0.479. The second-order valence-corrected chi connectivity index (χ2v) is 4.50. The number of rotatable bonds is 3. The molecule has 0 bridgehead atoms. The van der Waals surface area contributed by atoms with Crippen LogP contribution in [0.5, 0.6) is 5.75 Å². The zero-order valence-electron chi connectivity index (χ0n) is 11.3. The van der Waals surface area contributed by atoms with Crippen LogP contribution in [-0.2, 0) is 9.59 Å². The molecule has 2 rings (SSSR count). The fourth-order valence-corrected chi connectivity index (χ4v) is 1.98. The van der Waals surface area contributed by atoms with Crippen LogP contribution >= 0.6 is 0 Å². The molecule has 0 spiro atoms. The van der Waals surface area contributed by atoms with Crippen LogP contribution in [0.25, 0.3) is 0 Å². The van der Waals surface area contributed by atoms with E-state index in [2.05, 4.69) is 0 Å². The number of allylic oxidation sites excluding steroid dienone is 4. The van der Waals surface area contributed by atoms with Crippen molar-refractivity contribution in [3.8, 4) is 5.75 Å². The first-order valence-electron chi connectivity index (χ1n) is 6.52. The van der Waals surface area contributed by atoms with Crippen LogP contribution in [0.3, 0.4) is 0 Å². The minimum atomic E-state index is -0.427. The van der Waals surface area contributed by atoms with Crippen molar-refractivity contribution in [3.63, 3.8) is 0 Å². The van der Waals surface area contributed by atoms with Crippen LogP contribution < -0.4 is 4.74 Å². The van der Waals surface area contributed by atoms with Gasteiger partial charge in [-0.15, -0.1) is 0 Å². The highest BCUT2D eigenvalue weighted by Crippen LogP contribution is 2.21. The lowest BCUT2D eigenvalue weighted by molar-refractivity contribution is -0.129. The number of aldehydes is 1. The van der Waals surface area contributed by atoms with Gasteiger partial charge in [-0.05, 0) is 37.5 Å². The van der Waals surface area contributed by atoms with E-state index in [1.54, 1.807) is 37.3 Å². The van der Waals surface area contributed by atoms with Gasteiger partial charge < -0.3 is 4.74 Å². The Morgan fingerprint density at radius 1 is 1.20 bits per heavy atom. The molecule has 0 radical (unpaired) electrons. The monoisotopic (exact) mass is 268 g/mol. The van der Waals surface area contributed by atoms with Gasteiger partial charge in [-0.2, -0.15) is 0 Å². The summed E-state index contributed by atoms with van der Waals surface area (Å²) < 4.78 is 5.33. The van der Waals surface area contributed by atoms with Gasteiger partial charge in [-0.1, -0.05) is 36.4 Å². The Morgan fingerprint density at radius 3 is 2.65 bits per heavy atom. The predicted molar refractivity (Wildman–Crippen MR) is 77.3 cm³/mol. The fraction of sp³-hybridized carbons (Fsp3) is 0.176.